The number of carbonyl (C=O) groups excluding carboxylic acids is 1. The van der Waals surface area contributed by atoms with Crippen LogP contribution in [0.15, 0.2) is 0 Å². The molecule has 3 nitrogen and oxygen atoms in total. The van der Waals surface area contributed by atoms with Crippen molar-refractivity contribution in [2.75, 3.05) is 6.54 Å². The molecule has 14 heavy (non-hydrogen) atoms. The van der Waals surface area contributed by atoms with Gasteiger partial charge in [0.1, 0.15) is 0 Å². The average Bonchev–Trinajstić information content (AvgIpc) is 2.11. The van der Waals surface area contributed by atoms with E-state index in [1.807, 2.05) is 0 Å². The highest BCUT2D eigenvalue weighted by Crippen LogP contribution is 2.17. The topological polar surface area (TPSA) is 49.3 Å². The summed E-state index contributed by atoms with van der Waals surface area (Å²) < 4.78 is 0. The molecule has 3 heteroatoms. The van der Waals surface area contributed by atoms with E-state index < -0.39 is 0 Å². The van der Waals surface area contributed by atoms with Crippen LogP contribution in [-0.2, 0) is 4.79 Å². The molecular weight excluding hydrogens is 178 g/mol. The Hall–Kier alpha value is -0.570. The zero-order chi connectivity index (χ0) is 11.2. The molecule has 0 bridgehead atoms. The second-order valence-corrected chi connectivity index (χ2v) is 4.68. The van der Waals surface area contributed by atoms with E-state index in [2.05, 4.69) is 26.1 Å². The minimum Gasteiger partial charge on any atom is -0.393 e. The first-order chi connectivity index (χ1) is 6.37. The van der Waals surface area contributed by atoms with E-state index in [0.717, 1.165) is 6.42 Å². The van der Waals surface area contributed by atoms with Gasteiger partial charge in [-0.1, -0.05) is 20.8 Å². The smallest absolute Gasteiger partial charge is 0.220 e. The van der Waals surface area contributed by atoms with Crippen molar-refractivity contribution in [1.29, 1.82) is 0 Å². The molecule has 0 saturated heterocycles. The van der Waals surface area contributed by atoms with Crippen molar-refractivity contribution in [2.45, 2.75) is 53.1 Å². The second-order valence-electron chi connectivity index (χ2n) is 4.68. The number of hydrogen-bond acceptors (Lipinski definition) is 2. The van der Waals surface area contributed by atoms with Crippen LogP contribution in [-0.4, -0.2) is 23.7 Å². The summed E-state index contributed by atoms with van der Waals surface area (Å²) in [5, 5.41) is 11.9. The third kappa shape index (κ3) is 6.89. The highest BCUT2D eigenvalue weighted by atomic mass is 16.3. The molecule has 2 N–H and O–H groups in total. The first-order valence-corrected chi connectivity index (χ1v) is 5.32. The molecule has 0 heterocycles. The highest BCUT2D eigenvalue weighted by Gasteiger charge is 2.15. The Morgan fingerprint density at radius 3 is 2.50 bits per heavy atom. The molecule has 0 aliphatic rings. The molecule has 1 atom stereocenters. The van der Waals surface area contributed by atoms with Gasteiger partial charge in [-0.15, -0.1) is 0 Å². The number of nitrogens with one attached hydrogen (secondary N) is 1. The summed E-state index contributed by atoms with van der Waals surface area (Å²) in [5.41, 5.74) is 0.167. The highest BCUT2D eigenvalue weighted by molar-refractivity contribution is 5.75. The van der Waals surface area contributed by atoms with Crippen LogP contribution in [0.4, 0.5) is 0 Å². The third-order valence-electron chi connectivity index (χ3n) is 2.51. The van der Waals surface area contributed by atoms with Crippen LogP contribution in [0.5, 0.6) is 0 Å². The van der Waals surface area contributed by atoms with Crippen molar-refractivity contribution in [3.63, 3.8) is 0 Å². The normalized spacial score (nSPS) is 13.8. The molecule has 0 radical (unpaired) electrons. The summed E-state index contributed by atoms with van der Waals surface area (Å²) in [6, 6.07) is 0. The monoisotopic (exact) mass is 201 g/mol. The minimum atomic E-state index is -0.389. The van der Waals surface area contributed by atoms with Crippen molar-refractivity contribution < 1.29 is 9.90 Å². The van der Waals surface area contributed by atoms with Gasteiger partial charge in [0, 0.05) is 13.0 Å². The maximum absolute atomic E-state index is 11.3. The molecule has 1 unspecified atom stereocenters. The molecule has 0 saturated carbocycles. The lowest BCUT2D eigenvalue weighted by atomic mass is 9.90. The van der Waals surface area contributed by atoms with Gasteiger partial charge >= 0.3 is 0 Å². The Balaban J connectivity index is 3.64. The largest absolute Gasteiger partial charge is 0.393 e. The van der Waals surface area contributed by atoms with Crippen molar-refractivity contribution in [3.05, 3.63) is 0 Å². The van der Waals surface area contributed by atoms with Crippen molar-refractivity contribution in [1.82, 2.24) is 5.32 Å². The average molecular weight is 201 g/mol. The van der Waals surface area contributed by atoms with E-state index in [0.29, 0.717) is 19.4 Å². The van der Waals surface area contributed by atoms with Gasteiger partial charge in [0.25, 0.3) is 0 Å². The van der Waals surface area contributed by atoms with Crippen LogP contribution in [0.3, 0.4) is 0 Å². The Kier molecular flexibility index (Phi) is 5.77. The molecule has 0 aromatic rings. The number of aliphatic hydroxyl groups excluding tert-OH is 1. The Bertz CT molecular complexity index is 176. The maximum Gasteiger partial charge on any atom is 0.220 e. The molecule has 0 fully saturated rings. The summed E-state index contributed by atoms with van der Waals surface area (Å²) in [4.78, 5) is 11.3. The van der Waals surface area contributed by atoms with Crippen LogP contribution in [0.1, 0.15) is 47.0 Å². The Morgan fingerprint density at radius 2 is 2.07 bits per heavy atom. The quantitative estimate of drug-likeness (QED) is 0.687. The van der Waals surface area contributed by atoms with Crippen LogP contribution >= 0.6 is 0 Å². The fourth-order valence-corrected chi connectivity index (χ4v) is 0.891. The van der Waals surface area contributed by atoms with Crippen LogP contribution in [0, 0.1) is 5.41 Å². The lowest BCUT2D eigenvalue weighted by Gasteiger charge is -2.22. The van der Waals surface area contributed by atoms with Gasteiger partial charge in [0.15, 0.2) is 0 Å². The number of carbonyl (C=O) groups is 1. The fourth-order valence-electron chi connectivity index (χ4n) is 0.891. The molecule has 0 spiro atoms. The van der Waals surface area contributed by atoms with Crippen molar-refractivity contribution >= 4 is 5.91 Å². The summed E-state index contributed by atoms with van der Waals surface area (Å²) in [5.74, 6) is 0.0347. The van der Waals surface area contributed by atoms with Crippen molar-refractivity contribution in [3.8, 4) is 0 Å². The van der Waals surface area contributed by atoms with Gasteiger partial charge in [-0.2, -0.15) is 0 Å². The molecule has 0 rings (SSSR count). The summed E-state index contributed by atoms with van der Waals surface area (Å²) in [6.45, 7) is 8.78. The molecule has 0 aromatic heterocycles. The zero-order valence-electron chi connectivity index (χ0n) is 9.76. The molecule has 0 aromatic carbocycles. The fraction of sp³-hybridized carbons (Fsp3) is 0.909. The van der Waals surface area contributed by atoms with E-state index in [1.165, 1.54) is 0 Å². The van der Waals surface area contributed by atoms with Gasteiger partial charge in [-0.25, -0.2) is 0 Å². The molecular formula is C11H23NO2. The summed E-state index contributed by atoms with van der Waals surface area (Å²) >= 11 is 0. The summed E-state index contributed by atoms with van der Waals surface area (Å²) in [7, 11) is 0. The van der Waals surface area contributed by atoms with E-state index in [4.69, 9.17) is 5.11 Å². The van der Waals surface area contributed by atoms with E-state index in [-0.39, 0.29) is 17.4 Å². The Morgan fingerprint density at radius 1 is 1.50 bits per heavy atom. The van der Waals surface area contributed by atoms with Gasteiger partial charge in [0.05, 0.1) is 6.10 Å². The number of amides is 1. The minimum absolute atomic E-state index is 0.0347. The molecule has 1 amide bonds. The standard InChI is InChI=1S/C11H23NO2/c1-5-11(3,4)8-12-10(14)7-6-9(2)13/h9,13H,5-8H2,1-4H3,(H,12,14). The summed E-state index contributed by atoms with van der Waals surface area (Å²) in [6.07, 6.45) is 1.61. The second kappa shape index (κ2) is 6.02. The van der Waals surface area contributed by atoms with Gasteiger partial charge in [0.2, 0.25) is 5.91 Å². The number of aliphatic hydroxyl groups is 1. The van der Waals surface area contributed by atoms with Gasteiger partial charge < -0.3 is 10.4 Å². The van der Waals surface area contributed by atoms with Crippen LogP contribution < -0.4 is 5.32 Å². The molecule has 84 valence electrons. The predicted octanol–water partition coefficient (Wildman–Crippen LogP) is 1.70. The third-order valence-corrected chi connectivity index (χ3v) is 2.51. The first-order valence-electron chi connectivity index (χ1n) is 5.32. The van der Waals surface area contributed by atoms with Gasteiger partial charge in [-0.05, 0) is 25.2 Å². The van der Waals surface area contributed by atoms with Crippen LogP contribution in [0.25, 0.3) is 0 Å². The SMILES string of the molecule is CCC(C)(C)CNC(=O)CCC(C)O. The van der Waals surface area contributed by atoms with E-state index >= 15 is 0 Å². The lowest BCUT2D eigenvalue weighted by molar-refractivity contribution is -0.122. The molecule has 0 aliphatic heterocycles. The van der Waals surface area contributed by atoms with Gasteiger partial charge in [-0.3, -0.25) is 4.79 Å². The van der Waals surface area contributed by atoms with Crippen molar-refractivity contribution in [2.24, 2.45) is 5.41 Å². The van der Waals surface area contributed by atoms with E-state index in [9.17, 15) is 4.79 Å². The van der Waals surface area contributed by atoms with Crippen LogP contribution in [0.2, 0.25) is 0 Å². The number of hydrogen-bond donors (Lipinski definition) is 2. The number of rotatable bonds is 6. The lowest BCUT2D eigenvalue weighted by Crippen LogP contribution is -2.33. The Labute approximate surface area is 86.9 Å². The molecule has 0 aliphatic carbocycles. The van der Waals surface area contributed by atoms with E-state index in [1.54, 1.807) is 6.92 Å². The predicted molar refractivity (Wildman–Crippen MR) is 58.0 cm³/mol. The zero-order valence-corrected chi connectivity index (χ0v) is 9.76. The first kappa shape index (κ1) is 13.4. The maximum atomic E-state index is 11.3.